The number of hydrogen-bond acceptors (Lipinski definition) is 5. The first-order valence-electron chi connectivity index (χ1n) is 7.28. The summed E-state index contributed by atoms with van der Waals surface area (Å²) in [5, 5.41) is 9.40. The highest BCUT2D eigenvalue weighted by Crippen LogP contribution is 2.11. The normalized spacial score (nSPS) is 16.7. The number of rotatable bonds is 5. The van der Waals surface area contributed by atoms with Crippen molar-refractivity contribution in [2.45, 2.75) is 32.7 Å². The van der Waals surface area contributed by atoms with E-state index in [2.05, 4.69) is 25.4 Å². The van der Waals surface area contributed by atoms with Crippen molar-refractivity contribution in [1.82, 2.24) is 25.4 Å². The van der Waals surface area contributed by atoms with Gasteiger partial charge in [0.25, 0.3) is 0 Å². The Morgan fingerprint density at radius 1 is 1.38 bits per heavy atom. The number of piperazine rings is 1. The van der Waals surface area contributed by atoms with Crippen LogP contribution in [0.2, 0.25) is 0 Å². The number of aromatic amines is 1. The average molecular weight is 294 g/mol. The predicted octanol–water partition coefficient (Wildman–Crippen LogP) is -0.242. The van der Waals surface area contributed by atoms with E-state index in [4.69, 9.17) is 0 Å². The fraction of sp³-hybridized carbons (Fsp3) is 0.692. The van der Waals surface area contributed by atoms with Gasteiger partial charge in [-0.25, -0.2) is 5.10 Å². The first-order chi connectivity index (χ1) is 10.1. The summed E-state index contributed by atoms with van der Waals surface area (Å²) in [5.41, 5.74) is 0. The summed E-state index contributed by atoms with van der Waals surface area (Å²) < 4.78 is 0. The number of anilines is 1. The number of nitrogens with one attached hydrogen (secondary N) is 2. The van der Waals surface area contributed by atoms with Crippen molar-refractivity contribution in [3.05, 3.63) is 6.33 Å². The molecule has 2 N–H and O–H groups in total. The quantitative estimate of drug-likeness (QED) is 0.781. The minimum Gasteiger partial charge on any atom is -0.345 e. The molecule has 0 radical (unpaired) electrons. The summed E-state index contributed by atoms with van der Waals surface area (Å²) in [5.74, 6) is 0.570. The zero-order chi connectivity index (χ0) is 15.2. The van der Waals surface area contributed by atoms with E-state index in [1.165, 1.54) is 13.3 Å². The van der Waals surface area contributed by atoms with Gasteiger partial charge >= 0.3 is 0 Å². The maximum Gasteiger partial charge on any atom is 0.245 e. The highest BCUT2D eigenvalue weighted by molar-refractivity contribution is 5.87. The molecule has 0 aromatic carbocycles. The number of hydrogen-bond donors (Lipinski definition) is 2. The van der Waals surface area contributed by atoms with E-state index in [0.717, 1.165) is 12.4 Å². The van der Waals surface area contributed by atoms with Crippen molar-refractivity contribution in [2.24, 2.45) is 0 Å². The van der Waals surface area contributed by atoms with Crippen LogP contribution >= 0.6 is 0 Å². The van der Waals surface area contributed by atoms with E-state index in [-0.39, 0.29) is 11.8 Å². The summed E-state index contributed by atoms with van der Waals surface area (Å²) in [6.07, 6.45) is 3.00. The molecule has 2 amide bonds. The van der Waals surface area contributed by atoms with Crippen LogP contribution in [0.15, 0.2) is 6.33 Å². The number of nitrogens with zero attached hydrogens (tertiary/aromatic N) is 4. The Kier molecular flexibility index (Phi) is 5.13. The minimum absolute atomic E-state index is 0.00395. The second kappa shape index (κ2) is 7.05. The summed E-state index contributed by atoms with van der Waals surface area (Å²) >= 11 is 0. The van der Waals surface area contributed by atoms with Crippen molar-refractivity contribution in [3.8, 4) is 0 Å². The van der Waals surface area contributed by atoms with E-state index in [1.807, 2.05) is 11.8 Å². The number of carbonyl (C=O) groups is 2. The third kappa shape index (κ3) is 3.93. The van der Waals surface area contributed by atoms with E-state index >= 15 is 0 Å². The van der Waals surface area contributed by atoms with Gasteiger partial charge in [-0.15, -0.1) is 0 Å². The van der Waals surface area contributed by atoms with Crippen LogP contribution in [0.3, 0.4) is 0 Å². The Bertz CT molecular complexity index is 467. The van der Waals surface area contributed by atoms with Gasteiger partial charge in [-0.3, -0.25) is 9.59 Å². The molecule has 1 aromatic heterocycles. The lowest BCUT2D eigenvalue weighted by Gasteiger charge is -2.36. The zero-order valence-corrected chi connectivity index (χ0v) is 12.5. The van der Waals surface area contributed by atoms with Gasteiger partial charge in [-0.1, -0.05) is 13.3 Å². The lowest BCUT2D eigenvalue weighted by molar-refractivity contribution is -0.136. The Labute approximate surface area is 123 Å². The third-order valence-corrected chi connectivity index (χ3v) is 3.55. The van der Waals surface area contributed by atoms with E-state index < -0.39 is 6.04 Å². The van der Waals surface area contributed by atoms with Crippen molar-refractivity contribution >= 4 is 17.8 Å². The number of amides is 2. The van der Waals surface area contributed by atoms with Crippen LogP contribution in [-0.4, -0.2) is 64.1 Å². The molecule has 1 saturated heterocycles. The third-order valence-electron chi connectivity index (χ3n) is 3.55. The lowest BCUT2D eigenvalue weighted by atomic mass is 10.1. The van der Waals surface area contributed by atoms with Crippen LogP contribution in [0.1, 0.15) is 26.7 Å². The molecule has 1 atom stereocenters. The molecule has 1 fully saturated rings. The molecule has 0 spiro atoms. The Morgan fingerprint density at radius 3 is 2.62 bits per heavy atom. The molecule has 2 rings (SSSR count). The van der Waals surface area contributed by atoms with Gasteiger partial charge in [0, 0.05) is 33.1 Å². The summed E-state index contributed by atoms with van der Waals surface area (Å²) in [6, 6.07) is -0.413. The van der Waals surface area contributed by atoms with Gasteiger partial charge in [-0.2, -0.15) is 10.1 Å². The number of carbonyl (C=O) groups excluding carboxylic acids is 2. The molecule has 1 aliphatic heterocycles. The molecule has 0 unspecified atom stereocenters. The maximum atomic E-state index is 12.5. The Hall–Kier alpha value is -2.12. The molecule has 2 heterocycles. The summed E-state index contributed by atoms with van der Waals surface area (Å²) in [6.45, 7) is 6.11. The number of H-pyrrole nitrogens is 1. The number of aromatic nitrogens is 3. The van der Waals surface area contributed by atoms with Gasteiger partial charge in [0.15, 0.2) is 0 Å². The fourth-order valence-corrected chi connectivity index (χ4v) is 2.50. The van der Waals surface area contributed by atoms with Crippen molar-refractivity contribution in [3.63, 3.8) is 0 Å². The molecule has 1 aliphatic rings. The van der Waals surface area contributed by atoms with Crippen molar-refractivity contribution in [1.29, 1.82) is 0 Å². The van der Waals surface area contributed by atoms with Crippen LogP contribution in [0, 0.1) is 0 Å². The SMILES string of the molecule is CCC[C@H](NC(C)=O)C(=O)N1CCN(c2ncn[nH]2)CC1. The van der Waals surface area contributed by atoms with Crippen LogP contribution in [0.25, 0.3) is 0 Å². The predicted molar refractivity (Wildman–Crippen MR) is 77.7 cm³/mol. The van der Waals surface area contributed by atoms with E-state index in [1.54, 1.807) is 0 Å². The Morgan fingerprint density at radius 2 is 2.10 bits per heavy atom. The molecule has 0 aliphatic carbocycles. The van der Waals surface area contributed by atoms with E-state index in [0.29, 0.717) is 32.6 Å². The van der Waals surface area contributed by atoms with Crippen molar-refractivity contribution in [2.75, 3.05) is 31.1 Å². The van der Waals surface area contributed by atoms with Gasteiger partial charge < -0.3 is 15.1 Å². The molecular weight excluding hydrogens is 272 g/mol. The smallest absolute Gasteiger partial charge is 0.245 e. The molecular formula is C13H22N6O2. The van der Waals surface area contributed by atoms with Gasteiger partial charge in [-0.05, 0) is 6.42 Å². The highest BCUT2D eigenvalue weighted by Gasteiger charge is 2.28. The second-order valence-corrected chi connectivity index (χ2v) is 5.16. The fourth-order valence-electron chi connectivity index (χ4n) is 2.50. The van der Waals surface area contributed by atoms with Crippen LogP contribution < -0.4 is 10.2 Å². The molecule has 116 valence electrons. The zero-order valence-electron chi connectivity index (χ0n) is 12.5. The molecule has 0 bridgehead atoms. The maximum absolute atomic E-state index is 12.5. The van der Waals surface area contributed by atoms with Gasteiger partial charge in [0.2, 0.25) is 17.8 Å². The average Bonchev–Trinajstić information content (AvgIpc) is 3.00. The molecule has 1 aromatic rings. The molecule has 8 heteroatoms. The Balaban J connectivity index is 1.90. The first kappa shape index (κ1) is 15.3. The van der Waals surface area contributed by atoms with Gasteiger partial charge in [0.1, 0.15) is 12.4 Å². The lowest BCUT2D eigenvalue weighted by Crippen LogP contribution is -2.55. The first-order valence-corrected chi connectivity index (χ1v) is 7.28. The molecule has 8 nitrogen and oxygen atoms in total. The highest BCUT2D eigenvalue weighted by atomic mass is 16.2. The monoisotopic (exact) mass is 294 g/mol. The molecule has 0 saturated carbocycles. The summed E-state index contributed by atoms with van der Waals surface area (Å²) in [7, 11) is 0. The summed E-state index contributed by atoms with van der Waals surface area (Å²) in [4.78, 5) is 31.7. The topological polar surface area (TPSA) is 94.2 Å². The van der Waals surface area contributed by atoms with Gasteiger partial charge in [0.05, 0.1) is 0 Å². The van der Waals surface area contributed by atoms with E-state index in [9.17, 15) is 9.59 Å². The molecule has 21 heavy (non-hydrogen) atoms. The van der Waals surface area contributed by atoms with Crippen LogP contribution in [-0.2, 0) is 9.59 Å². The second-order valence-electron chi connectivity index (χ2n) is 5.16. The largest absolute Gasteiger partial charge is 0.345 e. The van der Waals surface area contributed by atoms with Crippen LogP contribution in [0.4, 0.5) is 5.95 Å². The standard InChI is InChI=1S/C13H22N6O2/c1-3-4-11(16-10(2)20)12(21)18-5-7-19(8-6-18)13-14-9-15-17-13/h9,11H,3-8H2,1-2H3,(H,16,20)(H,14,15,17)/t11-/m0/s1. The van der Waals surface area contributed by atoms with Crippen LogP contribution in [0.5, 0.6) is 0 Å². The van der Waals surface area contributed by atoms with Crippen molar-refractivity contribution < 1.29 is 9.59 Å². The minimum atomic E-state index is -0.413.